The highest BCUT2D eigenvalue weighted by molar-refractivity contribution is 8.00. The van der Waals surface area contributed by atoms with Gasteiger partial charge in [0.2, 0.25) is 0 Å². The molecule has 0 saturated carbocycles. The molecule has 1 aliphatic rings. The molecule has 0 amide bonds. The van der Waals surface area contributed by atoms with Gasteiger partial charge in [-0.3, -0.25) is 10.3 Å². The molecule has 3 N–H and O–H groups in total. The highest BCUT2D eigenvalue weighted by atomic mass is 32.2. The first-order valence-electron chi connectivity index (χ1n) is 13.6. The van der Waals surface area contributed by atoms with E-state index in [1.807, 2.05) is 72.8 Å². The van der Waals surface area contributed by atoms with Gasteiger partial charge in [-0.2, -0.15) is 0 Å². The Bertz CT molecular complexity index is 1830. The van der Waals surface area contributed by atoms with E-state index in [0.717, 1.165) is 49.9 Å². The second-order valence-electron chi connectivity index (χ2n) is 9.81. The predicted molar refractivity (Wildman–Crippen MR) is 170 cm³/mol. The molecule has 2 heterocycles. The molecule has 206 valence electrons. The van der Waals surface area contributed by atoms with Crippen molar-refractivity contribution in [3.8, 4) is 11.5 Å². The predicted octanol–water partition coefficient (Wildman–Crippen LogP) is 8.75. The van der Waals surface area contributed by atoms with Crippen LogP contribution in [0.15, 0.2) is 126 Å². The number of para-hydroxylation sites is 4. The van der Waals surface area contributed by atoms with Crippen molar-refractivity contribution in [3.63, 3.8) is 0 Å². The normalized spacial score (nSPS) is 12.2. The SMILES string of the molecule is CONc1cccc(SNc2nc3ccccc3nc2Nc2ccc(C3c4ccccc4Oc4ccccc43)cc2)c1. The van der Waals surface area contributed by atoms with Crippen LogP contribution >= 0.6 is 11.9 Å². The number of hydrogen-bond acceptors (Lipinski definition) is 8. The first-order valence-corrected chi connectivity index (χ1v) is 14.4. The summed E-state index contributed by atoms with van der Waals surface area (Å²) in [5.74, 6) is 3.15. The van der Waals surface area contributed by atoms with Crippen molar-refractivity contribution in [2.45, 2.75) is 10.8 Å². The van der Waals surface area contributed by atoms with Crippen LogP contribution in [0.5, 0.6) is 11.5 Å². The number of hydrogen-bond donors (Lipinski definition) is 3. The van der Waals surface area contributed by atoms with Gasteiger partial charge >= 0.3 is 0 Å². The summed E-state index contributed by atoms with van der Waals surface area (Å²) in [5.41, 5.74) is 9.77. The average molecular weight is 570 g/mol. The van der Waals surface area contributed by atoms with Crippen LogP contribution in [0.1, 0.15) is 22.6 Å². The van der Waals surface area contributed by atoms with Crippen LogP contribution < -0.4 is 20.3 Å². The van der Waals surface area contributed by atoms with Gasteiger partial charge in [0, 0.05) is 27.6 Å². The number of rotatable bonds is 8. The first kappa shape index (κ1) is 25.9. The number of ether oxygens (including phenoxy) is 1. The Kier molecular flexibility index (Phi) is 7.05. The van der Waals surface area contributed by atoms with Gasteiger partial charge in [0.15, 0.2) is 11.6 Å². The van der Waals surface area contributed by atoms with Crippen molar-refractivity contribution in [2.75, 3.05) is 22.6 Å². The molecule has 0 radical (unpaired) electrons. The van der Waals surface area contributed by atoms with E-state index >= 15 is 0 Å². The average Bonchev–Trinajstić information content (AvgIpc) is 3.03. The van der Waals surface area contributed by atoms with Crippen LogP contribution in [0.3, 0.4) is 0 Å². The second kappa shape index (κ2) is 11.4. The molecule has 0 saturated heterocycles. The largest absolute Gasteiger partial charge is 0.457 e. The van der Waals surface area contributed by atoms with Crippen molar-refractivity contribution in [2.24, 2.45) is 0 Å². The Morgan fingerprint density at radius 3 is 2.00 bits per heavy atom. The van der Waals surface area contributed by atoms with E-state index in [1.54, 1.807) is 7.11 Å². The van der Waals surface area contributed by atoms with Gasteiger partial charge in [0.1, 0.15) is 11.5 Å². The third-order valence-electron chi connectivity index (χ3n) is 7.08. The third-order valence-corrected chi connectivity index (χ3v) is 7.86. The van der Waals surface area contributed by atoms with Gasteiger partial charge in [0.25, 0.3) is 0 Å². The van der Waals surface area contributed by atoms with Crippen molar-refractivity contribution in [3.05, 3.63) is 138 Å². The van der Waals surface area contributed by atoms with Gasteiger partial charge in [-0.05, 0) is 72.1 Å². The summed E-state index contributed by atoms with van der Waals surface area (Å²) in [4.78, 5) is 15.8. The van der Waals surface area contributed by atoms with Gasteiger partial charge in [-0.25, -0.2) is 9.97 Å². The highest BCUT2D eigenvalue weighted by Gasteiger charge is 2.28. The number of aromatic nitrogens is 2. The molecule has 1 aromatic heterocycles. The van der Waals surface area contributed by atoms with Crippen LogP contribution in [-0.4, -0.2) is 17.1 Å². The van der Waals surface area contributed by atoms with Crippen LogP contribution in [0.25, 0.3) is 11.0 Å². The van der Waals surface area contributed by atoms with Gasteiger partial charge < -0.3 is 14.8 Å². The maximum Gasteiger partial charge on any atom is 0.180 e. The number of fused-ring (bicyclic) bond motifs is 3. The zero-order valence-electron chi connectivity index (χ0n) is 22.7. The fourth-order valence-corrected chi connectivity index (χ4v) is 5.86. The van der Waals surface area contributed by atoms with E-state index in [1.165, 1.54) is 17.5 Å². The van der Waals surface area contributed by atoms with Crippen LogP contribution in [0.2, 0.25) is 0 Å². The molecule has 0 aliphatic carbocycles. The maximum absolute atomic E-state index is 6.21. The summed E-state index contributed by atoms with van der Waals surface area (Å²) < 4.78 is 9.60. The van der Waals surface area contributed by atoms with Crippen LogP contribution in [0.4, 0.5) is 23.0 Å². The number of nitrogens with one attached hydrogen (secondary N) is 3. The quantitative estimate of drug-likeness (QED) is 0.124. The number of anilines is 4. The Morgan fingerprint density at radius 2 is 1.31 bits per heavy atom. The summed E-state index contributed by atoms with van der Waals surface area (Å²) in [5, 5.41) is 3.49. The molecular weight excluding hydrogens is 542 g/mol. The Balaban J connectivity index is 1.18. The molecule has 8 heteroatoms. The van der Waals surface area contributed by atoms with Crippen molar-refractivity contribution in [1.29, 1.82) is 0 Å². The smallest absolute Gasteiger partial charge is 0.180 e. The topological polar surface area (TPSA) is 80.3 Å². The van der Waals surface area contributed by atoms with E-state index < -0.39 is 0 Å². The second-order valence-corrected chi connectivity index (χ2v) is 10.7. The fraction of sp³-hybridized carbons (Fsp3) is 0.0588. The van der Waals surface area contributed by atoms with E-state index in [4.69, 9.17) is 19.5 Å². The van der Waals surface area contributed by atoms with Crippen LogP contribution in [0, 0.1) is 0 Å². The minimum Gasteiger partial charge on any atom is -0.457 e. The van der Waals surface area contributed by atoms with E-state index in [0.29, 0.717) is 11.6 Å². The van der Waals surface area contributed by atoms with Gasteiger partial charge in [-0.1, -0.05) is 66.7 Å². The summed E-state index contributed by atoms with van der Waals surface area (Å²) >= 11 is 1.46. The van der Waals surface area contributed by atoms with E-state index in [2.05, 4.69) is 64.0 Å². The van der Waals surface area contributed by atoms with Crippen molar-refractivity contribution < 1.29 is 9.57 Å². The van der Waals surface area contributed by atoms with Crippen molar-refractivity contribution in [1.82, 2.24) is 9.97 Å². The van der Waals surface area contributed by atoms with E-state index in [-0.39, 0.29) is 5.92 Å². The van der Waals surface area contributed by atoms with Crippen LogP contribution in [-0.2, 0) is 4.84 Å². The van der Waals surface area contributed by atoms with Crippen molar-refractivity contribution >= 4 is 46.0 Å². The molecule has 0 bridgehead atoms. The summed E-state index contributed by atoms with van der Waals surface area (Å²) in [7, 11) is 1.59. The lowest BCUT2D eigenvalue weighted by Crippen LogP contribution is -2.11. The lowest BCUT2D eigenvalue weighted by Gasteiger charge is -2.28. The molecule has 0 unspecified atom stereocenters. The zero-order valence-corrected chi connectivity index (χ0v) is 23.6. The summed E-state index contributed by atoms with van der Waals surface area (Å²) in [6, 6.07) is 40.8. The molecule has 1 aliphatic heterocycles. The molecule has 0 spiro atoms. The fourth-order valence-electron chi connectivity index (χ4n) is 5.17. The maximum atomic E-state index is 6.21. The lowest BCUT2D eigenvalue weighted by molar-refractivity contribution is 0.271. The Morgan fingerprint density at radius 1 is 0.667 bits per heavy atom. The molecule has 0 atom stereocenters. The first-order chi connectivity index (χ1) is 20.7. The number of nitrogens with zero attached hydrogens (tertiary/aromatic N) is 2. The Labute approximate surface area is 248 Å². The van der Waals surface area contributed by atoms with Gasteiger partial charge in [-0.15, -0.1) is 0 Å². The number of benzene rings is 5. The highest BCUT2D eigenvalue weighted by Crippen LogP contribution is 2.47. The lowest BCUT2D eigenvalue weighted by atomic mass is 9.82. The monoisotopic (exact) mass is 569 g/mol. The standard InChI is InChI=1S/C34H27N5O2S/c1-40-38-24-9-8-10-25(21-24)42-39-34-33(36-28-13-4-5-14-29(28)37-34)35-23-19-17-22(18-20-23)32-26-11-2-6-15-30(26)41-31-16-7-3-12-27(31)32/h2-21,32,38H,1H3,(H,35,36)(H,37,39). The molecular formula is C34H27N5O2S. The molecule has 6 aromatic rings. The van der Waals surface area contributed by atoms with Gasteiger partial charge in [0.05, 0.1) is 23.8 Å². The minimum absolute atomic E-state index is 0.0812. The molecule has 7 rings (SSSR count). The minimum atomic E-state index is 0.0812. The molecule has 0 fully saturated rings. The summed E-state index contributed by atoms with van der Waals surface area (Å²) in [6.45, 7) is 0. The summed E-state index contributed by atoms with van der Waals surface area (Å²) in [6.07, 6.45) is 0. The van der Waals surface area contributed by atoms with E-state index in [9.17, 15) is 0 Å². The third kappa shape index (κ3) is 5.21. The zero-order chi connectivity index (χ0) is 28.3. The molecule has 42 heavy (non-hydrogen) atoms. The molecule has 5 aromatic carbocycles. The molecule has 7 nitrogen and oxygen atoms in total. The Hall–Kier alpha value is -5.05.